The molecule has 6 nitrogen and oxygen atoms in total. The van der Waals surface area contributed by atoms with E-state index in [0.717, 1.165) is 24.2 Å². The van der Waals surface area contributed by atoms with Gasteiger partial charge in [0.05, 0.1) is 18.2 Å². The quantitative estimate of drug-likeness (QED) is 0.508. The number of carboxylic acid groups (broad SMARTS) is 1. The van der Waals surface area contributed by atoms with Crippen molar-refractivity contribution in [3.63, 3.8) is 0 Å². The Bertz CT molecular complexity index is 920. The third-order valence-electron chi connectivity index (χ3n) is 5.02. The number of aryl methyl sites for hydroxylation is 1. The van der Waals surface area contributed by atoms with E-state index in [0.29, 0.717) is 41.9 Å². The summed E-state index contributed by atoms with van der Waals surface area (Å²) in [5, 5.41) is 9.71. The highest BCUT2D eigenvalue weighted by molar-refractivity contribution is 6.32. The van der Waals surface area contributed by atoms with Gasteiger partial charge in [-0.3, -0.25) is 0 Å². The van der Waals surface area contributed by atoms with E-state index in [4.69, 9.17) is 35.7 Å². The fraction of sp³-hybridized carbons (Fsp3) is 0.458. The zero-order valence-electron chi connectivity index (χ0n) is 18.4. The molecule has 0 bridgehead atoms. The van der Waals surface area contributed by atoms with Gasteiger partial charge in [-0.2, -0.15) is 0 Å². The summed E-state index contributed by atoms with van der Waals surface area (Å²) < 4.78 is 23.1. The first-order chi connectivity index (χ1) is 14.6. The van der Waals surface area contributed by atoms with Crippen LogP contribution >= 0.6 is 11.6 Å². The summed E-state index contributed by atoms with van der Waals surface area (Å²) >= 11 is 6.36. The highest BCUT2D eigenvalue weighted by Gasteiger charge is 2.29. The molecular weight excluding hydrogens is 420 g/mol. The fourth-order valence-electron chi connectivity index (χ4n) is 3.13. The zero-order chi connectivity index (χ0) is 22.6. The molecule has 3 rings (SSSR count). The number of carbonyl (C=O) groups is 1. The van der Waals surface area contributed by atoms with Gasteiger partial charge in [-0.25, -0.2) is 4.79 Å². The lowest BCUT2D eigenvalue weighted by molar-refractivity contribution is -0.152. The Morgan fingerprint density at radius 2 is 1.77 bits per heavy atom. The van der Waals surface area contributed by atoms with Crippen LogP contribution in [0.5, 0.6) is 23.0 Å². The lowest BCUT2D eigenvalue weighted by Crippen LogP contribution is -2.37. The Morgan fingerprint density at radius 3 is 2.45 bits per heavy atom. The van der Waals surface area contributed by atoms with E-state index in [2.05, 4.69) is 13.8 Å². The molecular formula is C24H29ClO6. The number of benzene rings is 2. The first kappa shape index (κ1) is 23.1. The first-order valence-corrected chi connectivity index (χ1v) is 10.7. The van der Waals surface area contributed by atoms with Gasteiger partial charge in [0.2, 0.25) is 0 Å². The Morgan fingerprint density at radius 1 is 1.13 bits per heavy atom. The van der Waals surface area contributed by atoms with Crippen molar-refractivity contribution < 1.29 is 28.8 Å². The number of aliphatic carboxylic acids is 1. The minimum Gasteiger partial charge on any atom is -0.493 e. The molecule has 0 saturated heterocycles. The van der Waals surface area contributed by atoms with Gasteiger partial charge in [0, 0.05) is 12.5 Å². The Hall–Kier alpha value is -2.60. The fourth-order valence-corrected chi connectivity index (χ4v) is 3.38. The van der Waals surface area contributed by atoms with Crippen molar-refractivity contribution in [1.29, 1.82) is 0 Å². The summed E-state index contributed by atoms with van der Waals surface area (Å²) in [4.78, 5) is 11.1. The van der Waals surface area contributed by atoms with Crippen molar-refractivity contribution in [3.8, 4) is 23.0 Å². The monoisotopic (exact) mass is 448 g/mol. The minimum atomic E-state index is -1.29. The molecule has 1 aliphatic rings. The Balaban J connectivity index is 1.45. The van der Waals surface area contributed by atoms with Gasteiger partial charge < -0.3 is 24.1 Å². The average molecular weight is 449 g/mol. The van der Waals surface area contributed by atoms with E-state index >= 15 is 0 Å². The normalized spacial score (nSPS) is 14.9. The van der Waals surface area contributed by atoms with Crippen LogP contribution in [0.1, 0.15) is 46.1 Å². The van der Waals surface area contributed by atoms with Gasteiger partial charge in [0.15, 0.2) is 5.60 Å². The van der Waals surface area contributed by atoms with Gasteiger partial charge in [-0.05, 0) is 76.4 Å². The highest BCUT2D eigenvalue weighted by Crippen LogP contribution is 2.39. The molecule has 0 amide bonds. The molecule has 1 heterocycles. The number of rotatable bonds is 9. The molecule has 0 radical (unpaired) electrons. The van der Waals surface area contributed by atoms with E-state index in [1.807, 2.05) is 12.1 Å². The molecule has 0 atom stereocenters. The predicted molar refractivity (Wildman–Crippen MR) is 119 cm³/mol. The molecule has 31 heavy (non-hydrogen) atoms. The topological polar surface area (TPSA) is 74.2 Å². The standard InChI is InChI=1S/C24H29ClO6/c1-23(2)11-10-16-14-19(25)21(15-20(16)31-23)29-13-5-12-28-17-6-8-18(9-7-17)30-24(3,4)22(26)27/h6-9,14-15H,5,10-13H2,1-4H3,(H,26,27). The predicted octanol–water partition coefficient (Wildman–Crippen LogP) is 5.53. The number of halogens is 1. The summed E-state index contributed by atoms with van der Waals surface area (Å²) in [7, 11) is 0. The van der Waals surface area contributed by atoms with E-state index in [9.17, 15) is 4.79 Å². The smallest absolute Gasteiger partial charge is 0.347 e. The minimum absolute atomic E-state index is 0.185. The molecule has 0 saturated carbocycles. The van der Waals surface area contributed by atoms with Crippen LogP contribution in [0.25, 0.3) is 0 Å². The third kappa shape index (κ3) is 6.20. The molecule has 1 aliphatic heterocycles. The van der Waals surface area contributed by atoms with E-state index in [1.54, 1.807) is 24.3 Å². The average Bonchev–Trinajstić information content (AvgIpc) is 2.69. The van der Waals surface area contributed by atoms with Crippen LogP contribution in [-0.4, -0.2) is 35.5 Å². The number of carboxylic acids is 1. The van der Waals surface area contributed by atoms with E-state index in [1.165, 1.54) is 13.8 Å². The maximum absolute atomic E-state index is 11.1. The Labute approximate surface area is 188 Å². The lowest BCUT2D eigenvalue weighted by atomic mass is 9.94. The van der Waals surface area contributed by atoms with Crippen molar-refractivity contribution in [3.05, 3.63) is 47.0 Å². The van der Waals surface area contributed by atoms with Gasteiger partial charge >= 0.3 is 5.97 Å². The van der Waals surface area contributed by atoms with Crippen LogP contribution in [0, 0.1) is 0 Å². The first-order valence-electron chi connectivity index (χ1n) is 10.4. The Kier molecular flexibility index (Phi) is 6.90. The lowest BCUT2D eigenvalue weighted by Gasteiger charge is -2.33. The molecule has 0 unspecified atom stereocenters. The summed E-state index contributed by atoms with van der Waals surface area (Å²) in [6.45, 7) is 8.08. The molecule has 0 aromatic heterocycles. The molecule has 0 aliphatic carbocycles. The van der Waals surface area contributed by atoms with Gasteiger partial charge in [0.25, 0.3) is 0 Å². The second kappa shape index (κ2) is 9.27. The van der Waals surface area contributed by atoms with Crippen LogP contribution in [0.2, 0.25) is 5.02 Å². The molecule has 168 valence electrons. The third-order valence-corrected chi connectivity index (χ3v) is 5.32. The molecule has 2 aromatic rings. The van der Waals surface area contributed by atoms with Crippen molar-refractivity contribution in [1.82, 2.24) is 0 Å². The molecule has 0 fully saturated rings. The van der Waals surface area contributed by atoms with Crippen LogP contribution < -0.4 is 18.9 Å². The largest absolute Gasteiger partial charge is 0.493 e. The molecule has 1 N–H and O–H groups in total. The van der Waals surface area contributed by atoms with Crippen LogP contribution in [0.15, 0.2) is 36.4 Å². The number of fused-ring (bicyclic) bond motifs is 1. The van der Waals surface area contributed by atoms with E-state index in [-0.39, 0.29) is 5.60 Å². The second-order valence-corrected chi connectivity index (χ2v) is 9.10. The summed E-state index contributed by atoms with van der Waals surface area (Å²) in [5.74, 6) is 1.56. The number of ether oxygens (including phenoxy) is 4. The molecule has 2 aromatic carbocycles. The van der Waals surface area contributed by atoms with Crippen molar-refractivity contribution >= 4 is 17.6 Å². The van der Waals surface area contributed by atoms with E-state index < -0.39 is 11.6 Å². The van der Waals surface area contributed by atoms with Crippen molar-refractivity contribution in [2.75, 3.05) is 13.2 Å². The number of hydrogen-bond acceptors (Lipinski definition) is 5. The summed E-state index contributed by atoms with van der Waals surface area (Å²) in [5.41, 5.74) is -0.367. The van der Waals surface area contributed by atoms with Gasteiger partial charge in [-0.1, -0.05) is 11.6 Å². The molecule has 0 spiro atoms. The SMILES string of the molecule is CC1(C)CCc2cc(Cl)c(OCCCOc3ccc(OC(C)(C)C(=O)O)cc3)cc2O1. The second-order valence-electron chi connectivity index (χ2n) is 8.69. The van der Waals surface area contributed by atoms with Crippen LogP contribution in [0.3, 0.4) is 0 Å². The van der Waals surface area contributed by atoms with Crippen LogP contribution in [-0.2, 0) is 11.2 Å². The number of hydrogen-bond donors (Lipinski definition) is 1. The highest BCUT2D eigenvalue weighted by atomic mass is 35.5. The maximum Gasteiger partial charge on any atom is 0.347 e. The van der Waals surface area contributed by atoms with Crippen molar-refractivity contribution in [2.24, 2.45) is 0 Å². The van der Waals surface area contributed by atoms with Crippen LogP contribution in [0.4, 0.5) is 0 Å². The molecule has 7 heteroatoms. The maximum atomic E-state index is 11.1. The zero-order valence-corrected chi connectivity index (χ0v) is 19.1. The summed E-state index contributed by atoms with van der Waals surface area (Å²) in [6, 6.07) is 10.7. The summed E-state index contributed by atoms with van der Waals surface area (Å²) in [6.07, 6.45) is 2.57. The van der Waals surface area contributed by atoms with Crippen molar-refractivity contribution in [2.45, 2.75) is 58.2 Å². The van der Waals surface area contributed by atoms with Gasteiger partial charge in [-0.15, -0.1) is 0 Å². The van der Waals surface area contributed by atoms with Gasteiger partial charge in [0.1, 0.15) is 28.6 Å².